The summed E-state index contributed by atoms with van der Waals surface area (Å²) in [5, 5.41) is 5.02. The lowest BCUT2D eigenvalue weighted by Crippen LogP contribution is -2.26. The Morgan fingerprint density at radius 2 is 1.08 bits per heavy atom. The highest BCUT2D eigenvalue weighted by Crippen LogP contribution is 2.59. The van der Waals surface area contributed by atoms with Gasteiger partial charge in [-0.05, 0) is 15.7 Å². The highest BCUT2D eigenvalue weighted by Gasteiger charge is 2.32. The van der Waals surface area contributed by atoms with Crippen LogP contribution in [-0.2, 0) is 0 Å². The van der Waals surface area contributed by atoms with Crippen LogP contribution in [0, 0.1) is 11.7 Å². The maximum absolute atomic E-state index is 5.70. The summed E-state index contributed by atoms with van der Waals surface area (Å²) < 4.78 is 0. The van der Waals surface area contributed by atoms with Crippen molar-refractivity contribution in [1.82, 2.24) is 0 Å². The minimum absolute atomic E-state index is 0.641. The maximum atomic E-state index is 5.70. The molecule has 0 nitrogen and oxygen atoms in total. The summed E-state index contributed by atoms with van der Waals surface area (Å²) in [7, 11) is -0.856. The predicted molar refractivity (Wildman–Crippen MR) is 61.8 cm³/mol. The normalized spacial score (nSPS) is 14.0. The third-order valence-electron chi connectivity index (χ3n) is 2.54. The van der Waals surface area contributed by atoms with Gasteiger partial charge in [-0.1, -0.05) is 46.8 Å². The number of hydrogen-bond acceptors (Lipinski definition) is 0. The Morgan fingerprint density at radius 3 is 1.08 bits per heavy atom. The van der Waals surface area contributed by atoms with Crippen LogP contribution in [0.4, 0.5) is 0 Å². The summed E-state index contributed by atoms with van der Waals surface area (Å²) in [4.78, 5) is 0. The van der Waals surface area contributed by atoms with Gasteiger partial charge in [-0.3, -0.25) is 0 Å². The van der Waals surface area contributed by atoms with E-state index in [1.807, 2.05) is 0 Å². The van der Waals surface area contributed by atoms with Gasteiger partial charge in [0.05, 0.1) is 0 Å². The number of hydrogen-bond donors (Lipinski definition) is 0. The molecule has 0 radical (unpaired) electrons. The second-order valence-corrected chi connectivity index (χ2v) is 8.61. The van der Waals surface area contributed by atoms with E-state index >= 15 is 0 Å². The monoisotopic (exact) mass is 186 g/mol. The Bertz CT molecular complexity index is 150. The molecule has 0 spiro atoms. The molecule has 0 rings (SSSR count). The van der Waals surface area contributed by atoms with Crippen molar-refractivity contribution < 1.29 is 0 Å². The van der Waals surface area contributed by atoms with E-state index in [9.17, 15) is 0 Å². The van der Waals surface area contributed by atoms with Crippen LogP contribution in [0.2, 0.25) is 0 Å². The second kappa shape index (κ2) is 4.23. The molecule has 1 heteroatoms. The van der Waals surface area contributed by atoms with Gasteiger partial charge in [-0.2, -0.15) is 10.0 Å². The van der Waals surface area contributed by atoms with Crippen molar-refractivity contribution in [3.05, 3.63) is 0 Å². The van der Waals surface area contributed by atoms with Crippen LogP contribution < -0.4 is 0 Å². The van der Waals surface area contributed by atoms with Crippen LogP contribution >= 0.6 is 10.0 Å². The van der Waals surface area contributed by atoms with Crippen LogP contribution in [0.25, 0.3) is 0 Å². The van der Waals surface area contributed by atoms with Gasteiger partial charge in [0.25, 0.3) is 0 Å². The van der Waals surface area contributed by atoms with Crippen LogP contribution in [0.1, 0.15) is 41.5 Å². The highest BCUT2D eigenvalue weighted by molar-refractivity contribution is 8.38. The fourth-order valence-corrected chi connectivity index (χ4v) is 6.12. The summed E-state index contributed by atoms with van der Waals surface area (Å²) in [6, 6.07) is 0. The molecule has 0 aromatic carbocycles. The number of terminal acetylenes is 1. The van der Waals surface area contributed by atoms with E-state index in [0.29, 0.717) is 15.7 Å². The molecule has 0 atom stereocenters. The van der Waals surface area contributed by atoms with Gasteiger partial charge in [-0.15, -0.1) is 6.42 Å². The van der Waals surface area contributed by atoms with E-state index in [0.717, 1.165) is 0 Å². The quantitative estimate of drug-likeness (QED) is 0.591. The standard InChI is InChI=1S/C11H22S/c1-8-12(9(2)3,10(4)5)11(6)7/h1,9-11H,2-7H3. The lowest BCUT2D eigenvalue weighted by molar-refractivity contribution is 0.959. The molecule has 0 aliphatic heterocycles. The summed E-state index contributed by atoms with van der Waals surface area (Å²) in [5.41, 5.74) is 0. The van der Waals surface area contributed by atoms with E-state index in [2.05, 4.69) is 46.8 Å². The molecule has 0 saturated heterocycles. The molecule has 0 heterocycles. The SMILES string of the molecule is C#CS(C(C)C)(C(C)C)C(C)C. The molecular formula is C11H22S. The third kappa shape index (κ3) is 1.80. The summed E-state index contributed by atoms with van der Waals surface area (Å²) in [6.45, 7) is 13.6. The molecule has 0 saturated carbocycles. The average Bonchev–Trinajstić information content (AvgIpc) is 1.86. The Hall–Kier alpha value is -0.0900. The molecule has 0 fully saturated rings. The zero-order valence-corrected chi connectivity index (χ0v) is 10.0. The number of rotatable bonds is 3. The van der Waals surface area contributed by atoms with E-state index in [-0.39, 0.29) is 0 Å². The van der Waals surface area contributed by atoms with Gasteiger partial charge in [-0.25, -0.2) is 0 Å². The molecule has 12 heavy (non-hydrogen) atoms. The zero-order chi connectivity index (χ0) is 9.94. The Balaban J connectivity index is 4.94. The van der Waals surface area contributed by atoms with Crippen molar-refractivity contribution in [3.8, 4) is 11.7 Å². The van der Waals surface area contributed by atoms with Gasteiger partial charge in [0.15, 0.2) is 0 Å². The van der Waals surface area contributed by atoms with Crippen molar-refractivity contribution in [2.24, 2.45) is 0 Å². The van der Waals surface area contributed by atoms with Gasteiger partial charge in [0.2, 0.25) is 0 Å². The Morgan fingerprint density at radius 1 is 0.833 bits per heavy atom. The zero-order valence-electron chi connectivity index (χ0n) is 9.22. The van der Waals surface area contributed by atoms with E-state index in [1.54, 1.807) is 0 Å². The topological polar surface area (TPSA) is 0 Å². The fraction of sp³-hybridized carbons (Fsp3) is 0.818. The molecule has 0 aromatic rings. The van der Waals surface area contributed by atoms with Crippen molar-refractivity contribution in [1.29, 1.82) is 0 Å². The van der Waals surface area contributed by atoms with Crippen molar-refractivity contribution in [2.75, 3.05) is 0 Å². The van der Waals surface area contributed by atoms with Crippen molar-refractivity contribution in [2.45, 2.75) is 57.3 Å². The average molecular weight is 186 g/mol. The first-order chi connectivity index (χ1) is 5.39. The summed E-state index contributed by atoms with van der Waals surface area (Å²) in [5.74, 6) is 0. The molecule has 0 aromatic heterocycles. The summed E-state index contributed by atoms with van der Waals surface area (Å²) in [6.07, 6.45) is 5.70. The maximum Gasteiger partial charge on any atom is -0.00617 e. The molecule has 72 valence electrons. The lowest BCUT2D eigenvalue weighted by atomic mass is 10.5. The van der Waals surface area contributed by atoms with Gasteiger partial charge in [0.1, 0.15) is 0 Å². The third-order valence-corrected chi connectivity index (χ3v) is 7.63. The largest absolute Gasteiger partial charge is 0.170 e. The molecule has 0 unspecified atom stereocenters. The van der Waals surface area contributed by atoms with Crippen molar-refractivity contribution >= 4 is 10.0 Å². The van der Waals surface area contributed by atoms with Crippen LogP contribution in [0.5, 0.6) is 0 Å². The Labute approximate surface area is 79.4 Å². The molecule has 0 aliphatic carbocycles. The molecular weight excluding hydrogens is 164 g/mol. The van der Waals surface area contributed by atoms with Crippen LogP contribution in [-0.4, -0.2) is 15.7 Å². The second-order valence-electron chi connectivity index (χ2n) is 4.03. The van der Waals surface area contributed by atoms with Gasteiger partial charge in [0, 0.05) is 0 Å². The van der Waals surface area contributed by atoms with Gasteiger partial charge < -0.3 is 0 Å². The molecule has 0 amide bonds. The minimum atomic E-state index is -0.856. The first kappa shape index (κ1) is 11.9. The van der Waals surface area contributed by atoms with Gasteiger partial charge >= 0.3 is 0 Å². The highest BCUT2D eigenvalue weighted by atomic mass is 32.3. The van der Waals surface area contributed by atoms with Crippen LogP contribution in [0.3, 0.4) is 0 Å². The predicted octanol–water partition coefficient (Wildman–Crippen LogP) is 3.61. The summed E-state index contributed by atoms with van der Waals surface area (Å²) >= 11 is 0. The first-order valence-corrected chi connectivity index (χ1v) is 6.49. The lowest BCUT2D eigenvalue weighted by Gasteiger charge is -2.46. The Kier molecular flexibility index (Phi) is 4.20. The fourth-order valence-electron chi connectivity index (χ4n) is 2.04. The van der Waals surface area contributed by atoms with E-state index < -0.39 is 10.0 Å². The minimum Gasteiger partial charge on any atom is -0.170 e. The molecule has 0 bridgehead atoms. The van der Waals surface area contributed by atoms with E-state index in [4.69, 9.17) is 6.42 Å². The first-order valence-electron chi connectivity index (χ1n) is 4.66. The van der Waals surface area contributed by atoms with Crippen molar-refractivity contribution in [3.63, 3.8) is 0 Å². The molecule has 0 N–H and O–H groups in total. The molecule has 0 aliphatic rings. The smallest absolute Gasteiger partial charge is 0.00617 e. The van der Waals surface area contributed by atoms with Crippen LogP contribution in [0.15, 0.2) is 0 Å². The van der Waals surface area contributed by atoms with E-state index in [1.165, 1.54) is 0 Å².